The molecule has 0 unspecified atom stereocenters. The highest BCUT2D eigenvalue weighted by Gasteiger charge is 2.24. The maximum Gasteiger partial charge on any atom is 0.248 e. The number of carbonyl (C=O) groups excluding carboxylic acids is 2. The zero-order chi connectivity index (χ0) is 20.7. The molecule has 1 aromatic heterocycles. The van der Waals surface area contributed by atoms with Crippen LogP contribution in [0.4, 0.5) is 14.6 Å². The van der Waals surface area contributed by atoms with Gasteiger partial charge in [-0.3, -0.25) is 9.59 Å². The fraction of sp³-hybridized carbons (Fsp3) is 0.316. The summed E-state index contributed by atoms with van der Waals surface area (Å²) in [7, 11) is 0. The summed E-state index contributed by atoms with van der Waals surface area (Å²) in [4.78, 5) is 28.4. The standard InChI is InChI=1S/C19H22F2N4O3/c1-2-16(26)19(28)25-10-13(12-4-5-14(20)15(21)7-12)18(27)24-9-11-3-6-17(22)23-8-11/h3-8,13,16,26H,2,9-10H2,1H3,(H2,22,23)(H,24,27)(H,25,28)/t13-,16+/m0/s1. The van der Waals surface area contributed by atoms with Crippen molar-refractivity contribution in [3.05, 3.63) is 59.3 Å². The Bertz CT molecular complexity index is 830. The van der Waals surface area contributed by atoms with Gasteiger partial charge in [0, 0.05) is 19.3 Å². The summed E-state index contributed by atoms with van der Waals surface area (Å²) < 4.78 is 26.9. The molecule has 0 saturated heterocycles. The molecule has 5 N–H and O–H groups in total. The van der Waals surface area contributed by atoms with Gasteiger partial charge in [-0.25, -0.2) is 13.8 Å². The number of anilines is 1. The second-order valence-electron chi connectivity index (χ2n) is 6.20. The van der Waals surface area contributed by atoms with E-state index in [9.17, 15) is 23.5 Å². The van der Waals surface area contributed by atoms with Crippen LogP contribution < -0.4 is 16.4 Å². The number of halogens is 2. The Morgan fingerprint density at radius 2 is 1.89 bits per heavy atom. The van der Waals surface area contributed by atoms with Crippen molar-refractivity contribution < 1.29 is 23.5 Å². The van der Waals surface area contributed by atoms with Crippen molar-refractivity contribution in [2.24, 2.45) is 0 Å². The summed E-state index contributed by atoms with van der Waals surface area (Å²) in [6, 6.07) is 6.37. The highest BCUT2D eigenvalue weighted by Crippen LogP contribution is 2.19. The maximum absolute atomic E-state index is 13.6. The molecular weight excluding hydrogens is 370 g/mol. The van der Waals surface area contributed by atoms with Crippen LogP contribution in [-0.4, -0.2) is 34.6 Å². The molecule has 28 heavy (non-hydrogen) atoms. The van der Waals surface area contributed by atoms with Crippen molar-refractivity contribution in [1.82, 2.24) is 15.6 Å². The summed E-state index contributed by atoms with van der Waals surface area (Å²) in [6.45, 7) is 1.58. The molecule has 2 aromatic rings. The number of pyridine rings is 1. The van der Waals surface area contributed by atoms with Gasteiger partial charge in [0.2, 0.25) is 11.8 Å². The molecular formula is C19H22F2N4O3. The Balaban J connectivity index is 2.13. The normalized spacial score (nSPS) is 12.9. The first-order valence-electron chi connectivity index (χ1n) is 8.70. The molecule has 2 rings (SSSR count). The Morgan fingerprint density at radius 1 is 1.14 bits per heavy atom. The third-order valence-electron chi connectivity index (χ3n) is 4.15. The molecule has 1 heterocycles. The molecule has 0 spiro atoms. The summed E-state index contributed by atoms with van der Waals surface area (Å²) in [6.07, 6.45) is 0.495. The van der Waals surface area contributed by atoms with E-state index in [0.29, 0.717) is 11.4 Å². The highest BCUT2D eigenvalue weighted by atomic mass is 19.2. The summed E-state index contributed by atoms with van der Waals surface area (Å²) in [5.74, 6) is -3.93. The van der Waals surface area contributed by atoms with Crippen LogP contribution in [0.1, 0.15) is 30.4 Å². The van der Waals surface area contributed by atoms with Gasteiger partial charge in [-0.15, -0.1) is 0 Å². The number of nitrogens with one attached hydrogen (secondary N) is 2. The number of hydrogen-bond acceptors (Lipinski definition) is 5. The molecule has 0 radical (unpaired) electrons. The Labute approximate surface area is 161 Å². The number of nitrogens with two attached hydrogens (primary N) is 1. The zero-order valence-corrected chi connectivity index (χ0v) is 15.3. The first-order valence-corrected chi connectivity index (χ1v) is 8.70. The molecule has 2 atom stereocenters. The summed E-state index contributed by atoms with van der Waals surface area (Å²) in [5.41, 5.74) is 6.40. The second-order valence-corrected chi connectivity index (χ2v) is 6.20. The molecule has 0 aliphatic carbocycles. The lowest BCUT2D eigenvalue weighted by Gasteiger charge is -2.19. The predicted molar refractivity (Wildman–Crippen MR) is 98.9 cm³/mol. The third-order valence-corrected chi connectivity index (χ3v) is 4.15. The highest BCUT2D eigenvalue weighted by molar-refractivity contribution is 5.86. The molecule has 150 valence electrons. The number of benzene rings is 1. The first-order chi connectivity index (χ1) is 13.3. The Kier molecular flexibility index (Phi) is 7.39. The molecule has 2 amide bonds. The van der Waals surface area contributed by atoms with E-state index in [1.54, 1.807) is 19.1 Å². The number of amides is 2. The van der Waals surface area contributed by atoms with Crippen molar-refractivity contribution in [2.75, 3.05) is 12.3 Å². The van der Waals surface area contributed by atoms with Gasteiger partial charge in [0.25, 0.3) is 0 Å². The number of nitrogen functional groups attached to an aromatic ring is 1. The van der Waals surface area contributed by atoms with Crippen molar-refractivity contribution in [2.45, 2.75) is 31.9 Å². The van der Waals surface area contributed by atoms with Crippen LogP contribution in [-0.2, 0) is 16.1 Å². The monoisotopic (exact) mass is 392 g/mol. The van der Waals surface area contributed by atoms with E-state index < -0.39 is 35.5 Å². The third kappa shape index (κ3) is 5.71. The number of rotatable bonds is 8. The molecule has 0 saturated carbocycles. The van der Waals surface area contributed by atoms with Crippen LogP contribution in [0.15, 0.2) is 36.5 Å². The molecule has 7 nitrogen and oxygen atoms in total. The Morgan fingerprint density at radius 3 is 2.50 bits per heavy atom. The minimum atomic E-state index is -1.21. The fourth-order valence-electron chi connectivity index (χ4n) is 2.45. The topological polar surface area (TPSA) is 117 Å². The predicted octanol–water partition coefficient (Wildman–Crippen LogP) is 1.23. The number of nitrogens with zero attached hydrogens (tertiary/aromatic N) is 1. The van der Waals surface area contributed by atoms with Gasteiger partial charge in [-0.2, -0.15) is 0 Å². The van der Waals surface area contributed by atoms with Crippen LogP contribution in [0.25, 0.3) is 0 Å². The van der Waals surface area contributed by atoms with Crippen LogP contribution in [0.2, 0.25) is 0 Å². The van der Waals surface area contributed by atoms with Crippen molar-refractivity contribution >= 4 is 17.6 Å². The molecule has 0 aliphatic rings. The van der Waals surface area contributed by atoms with Gasteiger partial charge in [0.05, 0.1) is 5.92 Å². The first kappa shape index (κ1) is 21.2. The summed E-state index contributed by atoms with van der Waals surface area (Å²) in [5, 5.41) is 14.7. The van der Waals surface area contributed by atoms with E-state index >= 15 is 0 Å². The van der Waals surface area contributed by atoms with Crippen LogP contribution in [0.5, 0.6) is 0 Å². The van der Waals surface area contributed by atoms with Gasteiger partial charge in [-0.05, 0) is 35.7 Å². The Hall–Kier alpha value is -3.07. The lowest BCUT2D eigenvalue weighted by Crippen LogP contribution is -2.41. The van der Waals surface area contributed by atoms with Crippen molar-refractivity contribution in [3.8, 4) is 0 Å². The number of aromatic nitrogens is 1. The van der Waals surface area contributed by atoms with Gasteiger partial charge in [-0.1, -0.05) is 19.1 Å². The van der Waals surface area contributed by atoms with Gasteiger partial charge >= 0.3 is 0 Å². The van der Waals surface area contributed by atoms with Gasteiger partial charge < -0.3 is 21.5 Å². The molecule has 0 fully saturated rings. The summed E-state index contributed by atoms with van der Waals surface area (Å²) >= 11 is 0. The van der Waals surface area contributed by atoms with Gasteiger partial charge in [0.1, 0.15) is 11.9 Å². The molecule has 0 aliphatic heterocycles. The minimum absolute atomic E-state index is 0.137. The zero-order valence-electron chi connectivity index (χ0n) is 15.3. The van der Waals surface area contributed by atoms with E-state index in [0.717, 1.165) is 12.1 Å². The average molecular weight is 392 g/mol. The van der Waals surface area contributed by atoms with Crippen LogP contribution in [0, 0.1) is 11.6 Å². The molecule has 0 bridgehead atoms. The minimum Gasteiger partial charge on any atom is -0.384 e. The number of carbonyl (C=O) groups is 2. The lowest BCUT2D eigenvalue weighted by atomic mass is 9.97. The largest absolute Gasteiger partial charge is 0.384 e. The second kappa shape index (κ2) is 9.75. The number of hydrogen-bond donors (Lipinski definition) is 4. The molecule has 1 aromatic carbocycles. The van der Waals surface area contributed by atoms with E-state index in [4.69, 9.17) is 5.73 Å². The number of aliphatic hydroxyl groups excluding tert-OH is 1. The smallest absolute Gasteiger partial charge is 0.248 e. The van der Waals surface area contributed by atoms with E-state index in [-0.39, 0.29) is 25.1 Å². The quantitative estimate of drug-likeness (QED) is 0.539. The van der Waals surface area contributed by atoms with Crippen molar-refractivity contribution in [1.29, 1.82) is 0 Å². The molecule has 9 heteroatoms. The van der Waals surface area contributed by atoms with Crippen molar-refractivity contribution in [3.63, 3.8) is 0 Å². The fourth-order valence-corrected chi connectivity index (χ4v) is 2.45. The van der Waals surface area contributed by atoms with Gasteiger partial charge in [0.15, 0.2) is 11.6 Å². The average Bonchev–Trinajstić information content (AvgIpc) is 2.69. The maximum atomic E-state index is 13.6. The lowest BCUT2D eigenvalue weighted by molar-refractivity contribution is -0.129. The SMILES string of the molecule is CC[C@@H](O)C(=O)NC[C@H](C(=O)NCc1ccc(N)nc1)c1ccc(F)c(F)c1. The van der Waals surface area contributed by atoms with E-state index in [1.807, 2.05) is 0 Å². The van der Waals surface area contributed by atoms with Crippen LogP contribution >= 0.6 is 0 Å². The number of aliphatic hydroxyl groups is 1. The van der Waals surface area contributed by atoms with E-state index in [2.05, 4.69) is 15.6 Å². The van der Waals surface area contributed by atoms with Crippen LogP contribution in [0.3, 0.4) is 0 Å². The van der Waals surface area contributed by atoms with E-state index in [1.165, 1.54) is 12.3 Å².